The highest BCUT2D eigenvalue weighted by molar-refractivity contribution is 5.95. The van der Waals surface area contributed by atoms with Crippen LogP contribution in [-0.4, -0.2) is 23.1 Å². The van der Waals surface area contributed by atoms with Gasteiger partial charge in [-0.25, -0.2) is 15.0 Å². The molecule has 1 amide bonds. The molecule has 1 unspecified atom stereocenters. The lowest BCUT2D eigenvalue weighted by molar-refractivity contribution is 0.0691. The first kappa shape index (κ1) is 19.8. The molecule has 0 aromatic heterocycles. The third kappa shape index (κ3) is 4.31. The number of nitrogens with two attached hydrogens (primary N) is 1. The summed E-state index contributed by atoms with van der Waals surface area (Å²) in [5, 5.41) is 9.12. The van der Waals surface area contributed by atoms with Gasteiger partial charge in [0.15, 0.2) is 0 Å². The van der Waals surface area contributed by atoms with Crippen LogP contribution in [0.1, 0.15) is 63.9 Å². The Bertz CT molecular complexity index is 896. The average molecular weight is 386 g/mol. The number of rotatable bonds is 7. The number of hydrogen-bond donors (Lipinski definition) is 3. The zero-order valence-corrected chi connectivity index (χ0v) is 15.6. The molecule has 1 saturated carbocycles. The first-order valence-corrected chi connectivity index (χ1v) is 9.22. The number of carbonyl (C=O) groups excluding carboxylic acids is 1. The van der Waals surface area contributed by atoms with Crippen LogP contribution in [0.15, 0.2) is 36.4 Å². The largest absolute Gasteiger partial charge is 0.490 e. The molecule has 2 aromatic carbocycles. The van der Waals surface area contributed by atoms with Crippen LogP contribution in [0.2, 0.25) is 0 Å². The number of benzene rings is 2. The van der Waals surface area contributed by atoms with Crippen molar-refractivity contribution in [2.45, 2.75) is 44.6 Å². The molecule has 4 N–H and O–H groups in total. The maximum absolute atomic E-state index is 13.6. The molecule has 0 heterocycles. The molecule has 6 nitrogen and oxygen atoms in total. The van der Waals surface area contributed by atoms with Crippen molar-refractivity contribution in [1.29, 1.82) is 0 Å². The Morgan fingerprint density at radius 1 is 1.25 bits per heavy atom. The molecular weight excluding hydrogens is 363 g/mol. The van der Waals surface area contributed by atoms with Gasteiger partial charge in [0.25, 0.3) is 5.91 Å². The zero-order chi connectivity index (χ0) is 20.3. The van der Waals surface area contributed by atoms with E-state index in [4.69, 9.17) is 15.7 Å². The third-order valence-corrected chi connectivity index (χ3v) is 5.09. The number of amides is 1. The fraction of sp³-hybridized carbons (Fsp3) is 0.333. The van der Waals surface area contributed by atoms with Crippen molar-refractivity contribution in [2.75, 3.05) is 0 Å². The van der Waals surface area contributed by atoms with Crippen LogP contribution in [0.3, 0.4) is 0 Å². The van der Waals surface area contributed by atoms with Gasteiger partial charge in [-0.1, -0.05) is 13.0 Å². The Balaban J connectivity index is 1.88. The number of carboxylic acids is 1. The fourth-order valence-corrected chi connectivity index (χ4v) is 3.31. The molecule has 28 heavy (non-hydrogen) atoms. The Kier molecular flexibility index (Phi) is 5.94. The molecule has 0 bridgehead atoms. The normalized spacial score (nSPS) is 14.8. The van der Waals surface area contributed by atoms with Crippen molar-refractivity contribution in [3.05, 3.63) is 64.5 Å². The van der Waals surface area contributed by atoms with Gasteiger partial charge in [-0.3, -0.25) is 10.2 Å². The van der Waals surface area contributed by atoms with Crippen molar-refractivity contribution in [2.24, 2.45) is 5.84 Å². The van der Waals surface area contributed by atoms with E-state index in [0.717, 1.165) is 30.9 Å². The van der Waals surface area contributed by atoms with E-state index in [2.05, 4.69) is 5.43 Å². The summed E-state index contributed by atoms with van der Waals surface area (Å²) in [6, 6.07) is 9.28. The van der Waals surface area contributed by atoms with E-state index in [1.807, 2.05) is 13.0 Å². The second kappa shape index (κ2) is 8.39. The summed E-state index contributed by atoms with van der Waals surface area (Å²) >= 11 is 0. The molecule has 0 spiro atoms. The second-order valence-corrected chi connectivity index (χ2v) is 7.12. The van der Waals surface area contributed by atoms with E-state index >= 15 is 0 Å². The number of hydrazine groups is 1. The topological polar surface area (TPSA) is 102 Å². The molecule has 1 fully saturated rings. The van der Waals surface area contributed by atoms with E-state index in [-0.39, 0.29) is 17.6 Å². The molecule has 7 heteroatoms. The number of nitrogen functional groups attached to an aromatic ring is 1. The Labute approximate surface area is 162 Å². The number of aromatic carboxylic acids is 1. The summed E-state index contributed by atoms with van der Waals surface area (Å²) in [5.74, 6) is 3.34. The van der Waals surface area contributed by atoms with Crippen LogP contribution in [0.5, 0.6) is 5.75 Å². The summed E-state index contributed by atoms with van der Waals surface area (Å²) < 4.78 is 19.6. The smallest absolute Gasteiger partial charge is 0.338 e. The predicted octanol–water partition coefficient (Wildman–Crippen LogP) is 3.40. The molecular formula is C21H23FN2O4. The summed E-state index contributed by atoms with van der Waals surface area (Å²) in [7, 11) is 0. The average Bonchev–Trinajstić information content (AvgIpc) is 2.65. The van der Waals surface area contributed by atoms with Crippen LogP contribution in [0.4, 0.5) is 4.39 Å². The van der Waals surface area contributed by atoms with Crippen LogP contribution >= 0.6 is 0 Å². The first-order chi connectivity index (χ1) is 13.4. The van der Waals surface area contributed by atoms with Gasteiger partial charge in [0.2, 0.25) is 0 Å². The molecule has 1 aliphatic rings. The van der Waals surface area contributed by atoms with Crippen molar-refractivity contribution < 1.29 is 23.8 Å². The lowest BCUT2D eigenvalue weighted by Gasteiger charge is -2.27. The Morgan fingerprint density at radius 3 is 2.61 bits per heavy atom. The van der Waals surface area contributed by atoms with E-state index < -0.39 is 17.7 Å². The summed E-state index contributed by atoms with van der Waals surface area (Å²) in [6.45, 7) is 1.92. The second-order valence-electron chi connectivity index (χ2n) is 7.12. The maximum Gasteiger partial charge on any atom is 0.338 e. The van der Waals surface area contributed by atoms with Gasteiger partial charge in [0.05, 0.1) is 11.7 Å². The zero-order valence-electron chi connectivity index (χ0n) is 15.6. The highest BCUT2D eigenvalue weighted by Gasteiger charge is 2.22. The molecule has 0 saturated heterocycles. The van der Waals surface area contributed by atoms with Crippen LogP contribution in [0.25, 0.3) is 0 Å². The highest BCUT2D eigenvalue weighted by atomic mass is 19.1. The highest BCUT2D eigenvalue weighted by Crippen LogP contribution is 2.31. The van der Waals surface area contributed by atoms with Crippen molar-refractivity contribution in [3.63, 3.8) is 0 Å². The molecule has 148 valence electrons. The standard InChI is InChI=1S/C21H23FN2O4/c1-12(9-13-5-8-19(22)18(10-13)21(26)27)17-11-15(28-14-3-2-4-14)6-7-16(17)20(25)24-23/h5-8,10-12,14H,2-4,9,23H2,1H3,(H,24,25)(H,26,27). The number of carbonyl (C=O) groups is 2. The van der Waals surface area contributed by atoms with Crippen molar-refractivity contribution in [3.8, 4) is 5.75 Å². The van der Waals surface area contributed by atoms with Gasteiger partial charge in [0, 0.05) is 5.56 Å². The minimum Gasteiger partial charge on any atom is -0.490 e. The van der Waals surface area contributed by atoms with Gasteiger partial charge in [-0.2, -0.15) is 0 Å². The maximum atomic E-state index is 13.6. The minimum atomic E-state index is -1.31. The van der Waals surface area contributed by atoms with E-state index in [9.17, 15) is 14.0 Å². The van der Waals surface area contributed by atoms with Crippen molar-refractivity contribution in [1.82, 2.24) is 5.43 Å². The molecule has 3 rings (SSSR count). The van der Waals surface area contributed by atoms with Gasteiger partial charge < -0.3 is 9.84 Å². The van der Waals surface area contributed by atoms with Crippen LogP contribution in [-0.2, 0) is 6.42 Å². The number of carboxylic acid groups (broad SMARTS) is 1. The number of halogens is 1. The lowest BCUT2D eigenvalue weighted by Crippen LogP contribution is -2.31. The van der Waals surface area contributed by atoms with Crippen molar-refractivity contribution >= 4 is 11.9 Å². The van der Waals surface area contributed by atoms with Gasteiger partial charge >= 0.3 is 5.97 Å². The number of ether oxygens (including phenoxy) is 1. The molecule has 2 aromatic rings. The summed E-state index contributed by atoms with van der Waals surface area (Å²) in [6.07, 6.45) is 3.82. The fourth-order valence-electron chi connectivity index (χ4n) is 3.31. The Morgan fingerprint density at radius 2 is 2.00 bits per heavy atom. The van der Waals surface area contributed by atoms with Gasteiger partial charge in [-0.15, -0.1) is 0 Å². The van der Waals surface area contributed by atoms with Gasteiger partial charge in [0.1, 0.15) is 11.6 Å². The van der Waals surface area contributed by atoms with E-state index in [1.54, 1.807) is 18.2 Å². The SMILES string of the molecule is CC(Cc1ccc(F)c(C(=O)O)c1)c1cc(OC2CCC2)ccc1C(=O)NN. The lowest BCUT2D eigenvalue weighted by atomic mass is 9.89. The Hall–Kier alpha value is -2.93. The predicted molar refractivity (Wildman–Crippen MR) is 102 cm³/mol. The van der Waals surface area contributed by atoms with E-state index in [1.165, 1.54) is 6.07 Å². The van der Waals surface area contributed by atoms with Gasteiger partial charge in [-0.05, 0) is 73.1 Å². The molecule has 0 aliphatic heterocycles. The quantitative estimate of drug-likeness (QED) is 0.385. The monoisotopic (exact) mass is 386 g/mol. The van der Waals surface area contributed by atoms with Crippen LogP contribution in [0, 0.1) is 5.82 Å². The van der Waals surface area contributed by atoms with E-state index in [0.29, 0.717) is 23.3 Å². The molecule has 0 radical (unpaired) electrons. The molecule has 1 atom stereocenters. The summed E-state index contributed by atoms with van der Waals surface area (Å²) in [4.78, 5) is 23.3. The number of nitrogens with one attached hydrogen (secondary N) is 1. The first-order valence-electron chi connectivity index (χ1n) is 9.22. The van der Waals surface area contributed by atoms with Crippen LogP contribution < -0.4 is 16.0 Å². The summed E-state index contributed by atoms with van der Waals surface area (Å²) in [5.41, 5.74) is 3.61. The number of hydrogen-bond acceptors (Lipinski definition) is 4. The third-order valence-electron chi connectivity index (χ3n) is 5.09. The minimum absolute atomic E-state index is 0.149. The molecule has 1 aliphatic carbocycles.